The normalized spacial score (nSPS) is 13.9. The second-order valence-corrected chi connectivity index (χ2v) is 7.05. The van der Waals surface area contributed by atoms with Crippen LogP contribution in [0.15, 0.2) is 67.3 Å². The van der Waals surface area contributed by atoms with Crippen molar-refractivity contribution in [1.82, 2.24) is 20.6 Å². The van der Waals surface area contributed by atoms with Gasteiger partial charge in [0, 0.05) is 18.9 Å². The van der Waals surface area contributed by atoms with Gasteiger partial charge in [0.15, 0.2) is 0 Å². The average molecular weight is 406 g/mol. The Kier molecular flexibility index (Phi) is 5.38. The first-order valence-corrected chi connectivity index (χ1v) is 9.42. The SMILES string of the molecule is O=C(NC1(C(=O)NCc2ccc(Oc3ccc(F)cc3)cc2)CC1)c1cncnc1. The lowest BCUT2D eigenvalue weighted by Crippen LogP contribution is -2.48. The Morgan fingerprint density at radius 1 is 0.967 bits per heavy atom. The lowest BCUT2D eigenvalue weighted by atomic mass is 10.2. The molecule has 2 N–H and O–H groups in total. The van der Waals surface area contributed by atoms with Gasteiger partial charge in [-0.05, 0) is 54.8 Å². The minimum absolute atomic E-state index is 0.223. The van der Waals surface area contributed by atoms with Crippen molar-refractivity contribution in [3.8, 4) is 11.5 Å². The Morgan fingerprint density at radius 3 is 2.17 bits per heavy atom. The van der Waals surface area contributed by atoms with Crippen LogP contribution in [0.2, 0.25) is 0 Å². The fourth-order valence-corrected chi connectivity index (χ4v) is 2.91. The highest BCUT2D eigenvalue weighted by molar-refractivity contribution is 6.00. The first-order chi connectivity index (χ1) is 14.5. The Hall–Kier alpha value is -3.81. The van der Waals surface area contributed by atoms with Gasteiger partial charge in [0.25, 0.3) is 5.91 Å². The molecule has 1 aliphatic carbocycles. The second-order valence-electron chi connectivity index (χ2n) is 7.05. The number of carbonyl (C=O) groups excluding carboxylic acids is 2. The van der Waals surface area contributed by atoms with Crippen LogP contribution in [0.25, 0.3) is 0 Å². The third kappa shape index (κ3) is 4.60. The van der Waals surface area contributed by atoms with Gasteiger partial charge in [-0.3, -0.25) is 9.59 Å². The van der Waals surface area contributed by atoms with E-state index in [9.17, 15) is 14.0 Å². The van der Waals surface area contributed by atoms with Gasteiger partial charge < -0.3 is 15.4 Å². The van der Waals surface area contributed by atoms with Crippen molar-refractivity contribution < 1.29 is 18.7 Å². The highest BCUT2D eigenvalue weighted by Gasteiger charge is 2.51. The quantitative estimate of drug-likeness (QED) is 0.629. The molecule has 8 heteroatoms. The molecule has 4 rings (SSSR count). The van der Waals surface area contributed by atoms with Crippen molar-refractivity contribution in [3.63, 3.8) is 0 Å². The maximum absolute atomic E-state index is 13.0. The number of nitrogens with zero attached hydrogens (tertiary/aromatic N) is 2. The summed E-state index contributed by atoms with van der Waals surface area (Å²) in [5, 5.41) is 5.65. The zero-order valence-electron chi connectivity index (χ0n) is 16.0. The van der Waals surface area contributed by atoms with E-state index in [0.717, 1.165) is 5.56 Å². The van der Waals surface area contributed by atoms with Gasteiger partial charge in [-0.1, -0.05) is 12.1 Å². The first-order valence-electron chi connectivity index (χ1n) is 9.42. The molecule has 0 spiro atoms. The predicted molar refractivity (Wildman–Crippen MR) is 106 cm³/mol. The largest absolute Gasteiger partial charge is 0.457 e. The summed E-state index contributed by atoms with van der Waals surface area (Å²) in [6.45, 7) is 0.321. The molecule has 1 aromatic heterocycles. The van der Waals surface area contributed by atoms with Crippen molar-refractivity contribution in [2.45, 2.75) is 24.9 Å². The number of carbonyl (C=O) groups is 2. The Labute approximate surface area is 172 Å². The van der Waals surface area contributed by atoms with E-state index in [4.69, 9.17) is 4.74 Å². The molecule has 30 heavy (non-hydrogen) atoms. The van der Waals surface area contributed by atoms with Crippen LogP contribution in [0.5, 0.6) is 11.5 Å². The lowest BCUT2D eigenvalue weighted by Gasteiger charge is -2.17. The number of ether oxygens (including phenoxy) is 1. The van der Waals surface area contributed by atoms with Gasteiger partial charge >= 0.3 is 0 Å². The van der Waals surface area contributed by atoms with Gasteiger partial charge in [-0.15, -0.1) is 0 Å². The number of hydrogen-bond donors (Lipinski definition) is 2. The van der Waals surface area contributed by atoms with E-state index in [2.05, 4.69) is 20.6 Å². The molecule has 0 radical (unpaired) electrons. The van der Waals surface area contributed by atoms with Crippen molar-refractivity contribution >= 4 is 11.8 Å². The van der Waals surface area contributed by atoms with E-state index < -0.39 is 5.54 Å². The average Bonchev–Trinajstić information content (AvgIpc) is 3.56. The van der Waals surface area contributed by atoms with E-state index in [1.807, 2.05) is 12.1 Å². The summed E-state index contributed by atoms with van der Waals surface area (Å²) in [6.07, 6.45) is 5.33. The molecule has 1 saturated carbocycles. The molecule has 3 aromatic rings. The van der Waals surface area contributed by atoms with Crippen LogP contribution in [-0.4, -0.2) is 27.3 Å². The zero-order valence-corrected chi connectivity index (χ0v) is 16.0. The minimum Gasteiger partial charge on any atom is -0.457 e. The number of benzene rings is 2. The third-order valence-electron chi connectivity index (χ3n) is 4.79. The highest BCUT2D eigenvalue weighted by atomic mass is 19.1. The molecular formula is C22H19FN4O3. The Bertz CT molecular complexity index is 1040. The molecule has 2 aromatic carbocycles. The molecule has 0 saturated heterocycles. The van der Waals surface area contributed by atoms with Crippen molar-refractivity contribution in [2.24, 2.45) is 0 Å². The number of aromatic nitrogens is 2. The zero-order chi connectivity index (χ0) is 21.0. The summed E-state index contributed by atoms with van der Waals surface area (Å²) in [7, 11) is 0. The summed E-state index contributed by atoms with van der Waals surface area (Å²) >= 11 is 0. The van der Waals surface area contributed by atoms with Crippen LogP contribution in [0.4, 0.5) is 4.39 Å². The maximum atomic E-state index is 13.0. The third-order valence-corrected chi connectivity index (χ3v) is 4.79. The molecule has 1 heterocycles. The van der Waals surface area contributed by atoms with Gasteiger partial charge in [0.05, 0.1) is 5.56 Å². The molecule has 0 atom stereocenters. The summed E-state index contributed by atoms with van der Waals surface area (Å²) in [5.41, 5.74) is 0.320. The topological polar surface area (TPSA) is 93.2 Å². The molecule has 7 nitrogen and oxygen atoms in total. The summed E-state index contributed by atoms with van der Waals surface area (Å²) in [5.74, 6) is 0.223. The molecule has 0 bridgehead atoms. The van der Waals surface area contributed by atoms with Crippen LogP contribution in [0, 0.1) is 5.82 Å². The monoisotopic (exact) mass is 406 g/mol. The van der Waals surface area contributed by atoms with Crippen molar-refractivity contribution in [2.75, 3.05) is 0 Å². The van der Waals surface area contributed by atoms with E-state index in [1.165, 1.54) is 30.9 Å². The molecule has 1 aliphatic rings. The van der Waals surface area contributed by atoms with E-state index >= 15 is 0 Å². The lowest BCUT2D eigenvalue weighted by molar-refractivity contribution is -0.124. The number of halogens is 1. The standard InChI is InChI=1S/C22H19FN4O3/c23-17-3-7-19(8-4-17)30-18-5-1-15(2-6-18)11-26-21(29)22(9-10-22)27-20(28)16-12-24-14-25-13-16/h1-8,12-14H,9-11H2,(H,26,29)(H,27,28). The highest BCUT2D eigenvalue weighted by Crippen LogP contribution is 2.36. The molecule has 152 valence electrons. The van der Waals surface area contributed by atoms with E-state index in [0.29, 0.717) is 36.4 Å². The summed E-state index contributed by atoms with van der Waals surface area (Å²) in [4.78, 5) is 32.5. The Balaban J connectivity index is 1.30. The fraction of sp³-hybridized carbons (Fsp3) is 0.182. The maximum Gasteiger partial charge on any atom is 0.255 e. The number of nitrogens with one attached hydrogen (secondary N) is 2. The van der Waals surface area contributed by atoms with Crippen LogP contribution in [-0.2, 0) is 11.3 Å². The van der Waals surface area contributed by atoms with Crippen molar-refractivity contribution in [1.29, 1.82) is 0 Å². The predicted octanol–water partition coefficient (Wildman–Crippen LogP) is 2.99. The molecule has 2 amide bonds. The Morgan fingerprint density at radius 2 is 1.57 bits per heavy atom. The number of rotatable bonds is 7. The summed E-state index contributed by atoms with van der Waals surface area (Å²) < 4.78 is 18.6. The van der Waals surface area contributed by atoms with Crippen molar-refractivity contribution in [3.05, 3.63) is 84.2 Å². The number of hydrogen-bond acceptors (Lipinski definition) is 5. The van der Waals surface area contributed by atoms with Gasteiger partial charge in [-0.25, -0.2) is 14.4 Å². The van der Waals surface area contributed by atoms with Gasteiger partial charge in [0.2, 0.25) is 5.91 Å². The summed E-state index contributed by atoms with van der Waals surface area (Å²) in [6, 6.07) is 13.0. The molecule has 0 unspecified atom stereocenters. The molecule has 0 aliphatic heterocycles. The van der Waals surface area contributed by atoms with Gasteiger partial charge in [0.1, 0.15) is 29.2 Å². The van der Waals surface area contributed by atoms with E-state index in [1.54, 1.807) is 24.3 Å². The van der Waals surface area contributed by atoms with Gasteiger partial charge in [-0.2, -0.15) is 0 Å². The fourth-order valence-electron chi connectivity index (χ4n) is 2.91. The number of amides is 2. The van der Waals surface area contributed by atoms with Crippen LogP contribution in [0.1, 0.15) is 28.8 Å². The second kappa shape index (κ2) is 8.28. The van der Waals surface area contributed by atoms with Crippen LogP contribution >= 0.6 is 0 Å². The van der Waals surface area contributed by atoms with E-state index in [-0.39, 0.29) is 17.6 Å². The van der Waals surface area contributed by atoms with Crippen LogP contribution in [0.3, 0.4) is 0 Å². The molecule has 1 fully saturated rings. The smallest absolute Gasteiger partial charge is 0.255 e. The first kappa shape index (κ1) is 19.5. The minimum atomic E-state index is -0.876. The van der Waals surface area contributed by atoms with Crippen LogP contribution < -0.4 is 15.4 Å². The molecular weight excluding hydrogens is 387 g/mol.